The van der Waals surface area contributed by atoms with Gasteiger partial charge in [0, 0.05) is 18.1 Å². The molecule has 0 aliphatic rings. The van der Waals surface area contributed by atoms with Crippen LogP contribution in [0.2, 0.25) is 0 Å². The summed E-state index contributed by atoms with van der Waals surface area (Å²) < 4.78 is 57.2. The molecule has 0 amide bonds. The lowest BCUT2D eigenvalue weighted by Crippen LogP contribution is -2.30. The van der Waals surface area contributed by atoms with Crippen LogP contribution in [0.5, 0.6) is 0 Å². The molecule has 4 rings (SSSR count). The van der Waals surface area contributed by atoms with Gasteiger partial charge in [0.1, 0.15) is 11.9 Å². The highest BCUT2D eigenvalue weighted by Gasteiger charge is 2.34. The summed E-state index contributed by atoms with van der Waals surface area (Å²) in [6.07, 6.45) is -2.15. The molecule has 182 valence electrons. The van der Waals surface area contributed by atoms with Crippen LogP contribution >= 0.6 is 0 Å². The van der Waals surface area contributed by atoms with E-state index in [2.05, 4.69) is 4.98 Å². The third-order valence-electron chi connectivity index (χ3n) is 5.99. The second kappa shape index (κ2) is 9.14. The van der Waals surface area contributed by atoms with Crippen LogP contribution in [0.1, 0.15) is 52.6 Å². The lowest BCUT2D eigenvalue weighted by molar-refractivity contribution is -0.138. The number of pyridine rings is 1. The molecule has 0 spiro atoms. The minimum Gasteiger partial charge on any atom is -0.383 e. The topological polar surface area (TPSA) is 60.0 Å². The standard InChI is InChI=1S/C26H23F4N3O2/c1-15-10-19(6-9-23(15)32-12-16(2)31-14-32)24(34)22-11-20(26(28,29)30)13-33(25(22)35)17(3)18-4-7-21(27)8-5-18/h4-14,17,24,34H,1-3H3. The maximum Gasteiger partial charge on any atom is 0.417 e. The molecule has 4 aromatic rings. The number of halogens is 4. The second-order valence-corrected chi connectivity index (χ2v) is 8.49. The quantitative estimate of drug-likeness (QED) is 0.380. The lowest BCUT2D eigenvalue weighted by Gasteiger charge is -2.21. The van der Waals surface area contributed by atoms with Crippen molar-refractivity contribution < 1.29 is 22.7 Å². The van der Waals surface area contributed by atoms with Gasteiger partial charge in [-0.05, 0) is 61.7 Å². The van der Waals surface area contributed by atoms with Gasteiger partial charge in [0.05, 0.1) is 29.2 Å². The van der Waals surface area contributed by atoms with Crippen LogP contribution in [-0.4, -0.2) is 19.2 Å². The van der Waals surface area contributed by atoms with E-state index in [1.165, 1.54) is 31.2 Å². The Labute approximate surface area is 198 Å². The monoisotopic (exact) mass is 485 g/mol. The summed E-state index contributed by atoms with van der Waals surface area (Å²) in [6, 6.07) is 9.92. The first kappa shape index (κ1) is 24.4. The van der Waals surface area contributed by atoms with Gasteiger partial charge < -0.3 is 14.2 Å². The molecule has 0 saturated heterocycles. The molecule has 0 aliphatic heterocycles. The molecule has 2 heterocycles. The number of rotatable bonds is 5. The van der Waals surface area contributed by atoms with Gasteiger partial charge in [0.15, 0.2) is 0 Å². The van der Waals surface area contributed by atoms with E-state index < -0.39 is 40.8 Å². The molecule has 5 nitrogen and oxygen atoms in total. The highest BCUT2D eigenvalue weighted by molar-refractivity contribution is 5.45. The molecule has 0 fully saturated rings. The van der Waals surface area contributed by atoms with Crippen molar-refractivity contribution in [1.82, 2.24) is 14.1 Å². The number of benzene rings is 2. The summed E-state index contributed by atoms with van der Waals surface area (Å²) in [4.78, 5) is 17.5. The number of hydrogen-bond acceptors (Lipinski definition) is 3. The molecule has 0 bridgehead atoms. The third-order valence-corrected chi connectivity index (χ3v) is 5.99. The second-order valence-electron chi connectivity index (χ2n) is 8.49. The molecule has 1 N–H and O–H groups in total. The fraction of sp³-hybridized carbons (Fsp3) is 0.231. The predicted molar refractivity (Wildman–Crippen MR) is 123 cm³/mol. The summed E-state index contributed by atoms with van der Waals surface area (Å²) in [5, 5.41) is 11.0. The zero-order valence-corrected chi connectivity index (χ0v) is 19.2. The van der Waals surface area contributed by atoms with Crippen molar-refractivity contribution in [1.29, 1.82) is 0 Å². The summed E-state index contributed by atoms with van der Waals surface area (Å²) in [5.41, 5.74) is 0.827. The van der Waals surface area contributed by atoms with E-state index in [0.717, 1.165) is 27.7 Å². The number of aromatic nitrogens is 3. The smallest absolute Gasteiger partial charge is 0.383 e. The molecule has 35 heavy (non-hydrogen) atoms. The van der Waals surface area contributed by atoms with Crippen molar-refractivity contribution in [2.75, 3.05) is 0 Å². The first-order valence-corrected chi connectivity index (χ1v) is 10.8. The highest BCUT2D eigenvalue weighted by atomic mass is 19.4. The Morgan fingerprint density at radius 1 is 0.971 bits per heavy atom. The van der Waals surface area contributed by atoms with Crippen LogP contribution in [0.4, 0.5) is 17.6 Å². The van der Waals surface area contributed by atoms with Crippen molar-refractivity contribution in [3.8, 4) is 5.69 Å². The SMILES string of the molecule is Cc1cn(-c2ccc(C(O)c3cc(C(F)(F)F)cn(C(C)c4ccc(F)cc4)c3=O)cc2C)cn1. The van der Waals surface area contributed by atoms with Crippen molar-refractivity contribution in [2.45, 2.75) is 39.1 Å². The minimum absolute atomic E-state index is 0.278. The average molecular weight is 485 g/mol. The average Bonchev–Trinajstić information content (AvgIpc) is 3.24. The van der Waals surface area contributed by atoms with Crippen molar-refractivity contribution in [3.63, 3.8) is 0 Å². The van der Waals surface area contributed by atoms with Gasteiger partial charge in [-0.1, -0.05) is 24.3 Å². The highest BCUT2D eigenvalue weighted by Crippen LogP contribution is 2.32. The largest absolute Gasteiger partial charge is 0.417 e. The number of aliphatic hydroxyl groups is 1. The zero-order valence-electron chi connectivity index (χ0n) is 19.2. The Morgan fingerprint density at radius 2 is 1.63 bits per heavy atom. The molecule has 2 unspecified atom stereocenters. The van der Waals surface area contributed by atoms with E-state index in [9.17, 15) is 27.5 Å². The van der Waals surface area contributed by atoms with Crippen LogP contribution in [0.25, 0.3) is 5.69 Å². The molecule has 0 radical (unpaired) electrons. The van der Waals surface area contributed by atoms with Gasteiger partial charge >= 0.3 is 6.18 Å². The molecule has 0 saturated carbocycles. The minimum atomic E-state index is -4.74. The number of alkyl halides is 3. The molecule has 2 aromatic carbocycles. The van der Waals surface area contributed by atoms with E-state index in [1.807, 2.05) is 13.1 Å². The van der Waals surface area contributed by atoms with Crippen LogP contribution in [0, 0.1) is 19.7 Å². The third kappa shape index (κ3) is 4.90. The van der Waals surface area contributed by atoms with Gasteiger partial charge in [-0.2, -0.15) is 13.2 Å². The fourth-order valence-corrected chi connectivity index (χ4v) is 4.04. The maximum absolute atomic E-state index is 13.7. The molecule has 9 heteroatoms. The van der Waals surface area contributed by atoms with Gasteiger partial charge in [0.2, 0.25) is 0 Å². The Bertz CT molecular complexity index is 1420. The Hall–Kier alpha value is -3.72. The Kier molecular flexibility index (Phi) is 6.38. The molecule has 2 aromatic heterocycles. The zero-order chi connectivity index (χ0) is 25.5. The summed E-state index contributed by atoms with van der Waals surface area (Å²) in [6.45, 7) is 5.18. The Morgan fingerprint density at radius 3 is 2.20 bits per heavy atom. The molecule has 0 aliphatic carbocycles. The number of nitrogens with zero attached hydrogens (tertiary/aromatic N) is 3. The Balaban J connectivity index is 1.80. The number of aliphatic hydroxyl groups excluding tert-OH is 1. The summed E-state index contributed by atoms with van der Waals surface area (Å²) >= 11 is 0. The van der Waals surface area contributed by atoms with Gasteiger partial charge in [-0.25, -0.2) is 9.37 Å². The molecule has 2 atom stereocenters. The van der Waals surface area contributed by atoms with Crippen molar-refractivity contribution in [2.24, 2.45) is 0 Å². The van der Waals surface area contributed by atoms with Gasteiger partial charge in [-0.3, -0.25) is 4.79 Å². The predicted octanol–water partition coefficient (Wildman–Crippen LogP) is 5.50. The van der Waals surface area contributed by atoms with Crippen molar-refractivity contribution >= 4 is 0 Å². The van der Waals surface area contributed by atoms with E-state index >= 15 is 0 Å². The molecular weight excluding hydrogens is 462 g/mol. The van der Waals surface area contributed by atoms with E-state index in [4.69, 9.17) is 0 Å². The van der Waals surface area contributed by atoms with Gasteiger partial charge in [-0.15, -0.1) is 0 Å². The summed E-state index contributed by atoms with van der Waals surface area (Å²) in [5.74, 6) is -0.502. The first-order chi connectivity index (χ1) is 16.5. The van der Waals surface area contributed by atoms with Crippen LogP contribution in [-0.2, 0) is 6.18 Å². The van der Waals surface area contributed by atoms with Gasteiger partial charge in [0.25, 0.3) is 5.56 Å². The number of imidazole rings is 1. The normalized spacial score (nSPS) is 13.6. The van der Waals surface area contributed by atoms with E-state index in [1.54, 1.807) is 36.0 Å². The number of hydrogen-bond donors (Lipinski definition) is 1. The van der Waals surface area contributed by atoms with Crippen LogP contribution < -0.4 is 5.56 Å². The van der Waals surface area contributed by atoms with E-state index in [0.29, 0.717) is 11.6 Å². The van der Waals surface area contributed by atoms with E-state index in [-0.39, 0.29) is 5.56 Å². The molecular formula is C26H23F4N3O2. The number of aryl methyl sites for hydroxylation is 2. The fourth-order valence-electron chi connectivity index (χ4n) is 4.04. The van der Waals surface area contributed by atoms with Crippen LogP contribution in [0.3, 0.4) is 0 Å². The summed E-state index contributed by atoms with van der Waals surface area (Å²) in [7, 11) is 0. The maximum atomic E-state index is 13.7. The lowest BCUT2D eigenvalue weighted by atomic mass is 9.98. The van der Waals surface area contributed by atoms with Crippen LogP contribution in [0.15, 0.2) is 72.0 Å². The first-order valence-electron chi connectivity index (χ1n) is 10.8. The van der Waals surface area contributed by atoms with Crippen molar-refractivity contribution in [3.05, 3.63) is 117 Å².